The van der Waals surface area contributed by atoms with Crippen LogP contribution < -0.4 is 0 Å². The van der Waals surface area contributed by atoms with E-state index in [0.29, 0.717) is 0 Å². The van der Waals surface area contributed by atoms with Crippen molar-refractivity contribution in [3.63, 3.8) is 0 Å². The molecule has 0 aromatic heterocycles. The van der Waals surface area contributed by atoms with Crippen LogP contribution in [0.3, 0.4) is 0 Å². The van der Waals surface area contributed by atoms with Crippen LogP contribution in [0.2, 0.25) is 0 Å². The van der Waals surface area contributed by atoms with E-state index in [1.165, 1.54) is 30.4 Å². The summed E-state index contributed by atoms with van der Waals surface area (Å²) >= 11 is 0. The number of aliphatic hydroxyl groups is 1. The highest BCUT2D eigenvalue weighted by atomic mass is 16.3. The van der Waals surface area contributed by atoms with Crippen molar-refractivity contribution in [1.82, 2.24) is 0 Å². The van der Waals surface area contributed by atoms with Gasteiger partial charge >= 0.3 is 0 Å². The molecule has 2 rings (SSSR count). The lowest BCUT2D eigenvalue weighted by Crippen LogP contribution is -2.29. The summed E-state index contributed by atoms with van der Waals surface area (Å²) in [6, 6.07) is 6.70. The second-order valence-corrected chi connectivity index (χ2v) is 6.73. The van der Waals surface area contributed by atoms with Gasteiger partial charge in [0.1, 0.15) is 0 Å². The Hall–Kier alpha value is -1.33. The van der Waals surface area contributed by atoms with Crippen LogP contribution in [0.4, 0.5) is 0 Å². The summed E-state index contributed by atoms with van der Waals surface area (Å²) in [6.07, 6.45) is 6.70. The van der Waals surface area contributed by atoms with Gasteiger partial charge in [0.25, 0.3) is 0 Å². The summed E-state index contributed by atoms with van der Waals surface area (Å²) in [5.41, 5.74) is 3.87. The van der Waals surface area contributed by atoms with Gasteiger partial charge < -0.3 is 5.11 Å². The Balaban J connectivity index is 2.37. The molecule has 114 valence electrons. The molecular weight excluding hydrogens is 258 g/mol. The van der Waals surface area contributed by atoms with E-state index in [0.717, 1.165) is 36.8 Å². The topological polar surface area (TPSA) is 44.0 Å². The van der Waals surface area contributed by atoms with Gasteiger partial charge in [-0.1, -0.05) is 44.2 Å². The Bertz CT molecular complexity index is 533. The van der Waals surface area contributed by atoms with Crippen LogP contribution >= 0.6 is 0 Å². The van der Waals surface area contributed by atoms with Crippen LogP contribution in [0, 0.1) is 37.5 Å². The molecule has 0 heterocycles. The molecule has 1 aliphatic carbocycles. The molecule has 0 aliphatic heterocycles. The Morgan fingerprint density at radius 1 is 0.952 bits per heavy atom. The van der Waals surface area contributed by atoms with Gasteiger partial charge in [0, 0.05) is 0 Å². The van der Waals surface area contributed by atoms with Crippen molar-refractivity contribution < 1.29 is 5.11 Å². The number of nitrogens with zero attached hydrogens (tertiary/aromatic N) is 1. The minimum absolute atomic E-state index is 0.604. The molecule has 1 atom stereocenters. The van der Waals surface area contributed by atoms with E-state index in [1.54, 1.807) is 0 Å². The van der Waals surface area contributed by atoms with Crippen LogP contribution in [-0.4, -0.2) is 5.11 Å². The monoisotopic (exact) mass is 285 g/mol. The first-order valence-electron chi connectivity index (χ1n) is 8.17. The number of nitriles is 1. The molecule has 21 heavy (non-hydrogen) atoms. The normalized spacial score (nSPS) is 20.1. The third kappa shape index (κ3) is 3.30. The zero-order valence-electron chi connectivity index (χ0n) is 13.6. The quantitative estimate of drug-likeness (QED) is 0.840. The number of hydrogen-bond donors (Lipinski definition) is 1. The van der Waals surface area contributed by atoms with E-state index >= 15 is 0 Å². The summed E-state index contributed by atoms with van der Waals surface area (Å²) < 4.78 is 0. The van der Waals surface area contributed by atoms with Crippen LogP contribution in [-0.2, 0) is 0 Å². The van der Waals surface area contributed by atoms with Crippen LogP contribution in [0.1, 0.15) is 73.3 Å². The van der Waals surface area contributed by atoms with Crippen molar-refractivity contribution in [1.29, 1.82) is 5.26 Å². The van der Waals surface area contributed by atoms with Gasteiger partial charge in [-0.15, -0.1) is 0 Å². The highest BCUT2D eigenvalue weighted by Crippen LogP contribution is 2.45. The lowest BCUT2D eigenvalue weighted by atomic mass is 9.70. The predicted octanol–water partition coefficient (Wildman–Crippen LogP) is 4.90. The molecule has 2 heteroatoms. The van der Waals surface area contributed by atoms with Crippen molar-refractivity contribution >= 4 is 0 Å². The summed E-state index contributed by atoms with van der Waals surface area (Å²) in [6.45, 7) is 6.20. The highest BCUT2D eigenvalue weighted by Gasteiger charge is 2.39. The molecule has 0 saturated heterocycles. The van der Waals surface area contributed by atoms with E-state index in [1.807, 2.05) is 6.92 Å². The van der Waals surface area contributed by atoms with Crippen molar-refractivity contribution in [2.45, 2.75) is 71.8 Å². The lowest BCUT2D eigenvalue weighted by Gasteiger charge is -2.34. The molecule has 0 radical (unpaired) electrons. The Kier molecular flexibility index (Phi) is 5.06. The van der Waals surface area contributed by atoms with Gasteiger partial charge in [0.15, 0.2) is 0 Å². The number of aryl methyl sites for hydroxylation is 3. The van der Waals surface area contributed by atoms with Gasteiger partial charge in [-0.3, -0.25) is 0 Å². The summed E-state index contributed by atoms with van der Waals surface area (Å²) in [5.74, 6) is 0. The first-order valence-corrected chi connectivity index (χ1v) is 8.17. The molecule has 1 aromatic carbocycles. The van der Waals surface area contributed by atoms with Gasteiger partial charge in [0.2, 0.25) is 0 Å². The number of hydrogen-bond acceptors (Lipinski definition) is 2. The average molecular weight is 285 g/mol. The summed E-state index contributed by atoms with van der Waals surface area (Å²) in [5, 5.41) is 20.8. The van der Waals surface area contributed by atoms with Crippen molar-refractivity contribution in [2.24, 2.45) is 5.41 Å². The Labute approximate surface area is 128 Å². The average Bonchev–Trinajstić information content (AvgIpc) is 2.43. The fourth-order valence-corrected chi connectivity index (χ4v) is 3.56. The molecule has 1 fully saturated rings. The van der Waals surface area contributed by atoms with Gasteiger partial charge in [0.05, 0.1) is 17.6 Å². The first-order chi connectivity index (χ1) is 10.00. The molecule has 1 aromatic rings. The molecule has 1 aliphatic rings. The number of rotatable bonds is 2. The fourth-order valence-electron chi connectivity index (χ4n) is 3.56. The molecular formula is C19H27NO. The van der Waals surface area contributed by atoms with Crippen molar-refractivity contribution in [3.8, 4) is 6.07 Å². The van der Waals surface area contributed by atoms with Crippen molar-refractivity contribution in [2.75, 3.05) is 0 Å². The lowest BCUT2D eigenvalue weighted by molar-refractivity contribution is 0.0429. The second-order valence-electron chi connectivity index (χ2n) is 6.73. The minimum Gasteiger partial charge on any atom is -0.387 e. The zero-order chi connectivity index (χ0) is 15.5. The Morgan fingerprint density at radius 3 is 2.05 bits per heavy atom. The highest BCUT2D eigenvalue weighted by molar-refractivity contribution is 5.39. The summed E-state index contributed by atoms with van der Waals surface area (Å²) in [7, 11) is 0. The number of aliphatic hydroxyl groups excluding tert-OH is 1. The fraction of sp³-hybridized carbons (Fsp3) is 0.632. The van der Waals surface area contributed by atoms with E-state index < -0.39 is 11.5 Å². The maximum absolute atomic E-state index is 11.0. The van der Waals surface area contributed by atoms with E-state index in [-0.39, 0.29) is 0 Å². The third-order valence-corrected chi connectivity index (χ3v) is 5.17. The maximum atomic E-state index is 11.0. The molecule has 2 nitrogen and oxygen atoms in total. The van der Waals surface area contributed by atoms with Crippen LogP contribution in [0.15, 0.2) is 12.1 Å². The summed E-state index contributed by atoms with van der Waals surface area (Å²) in [4.78, 5) is 0. The third-order valence-electron chi connectivity index (χ3n) is 5.17. The van der Waals surface area contributed by atoms with Crippen LogP contribution in [0.25, 0.3) is 0 Å². The van der Waals surface area contributed by atoms with Crippen LogP contribution in [0.5, 0.6) is 0 Å². The van der Waals surface area contributed by atoms with E-state index in [4.69, 9.17) is 0 Å². The largest absolute Gasteiger partial charge is 0.387 e. The van der Waals surface area contributed by atoms with E-state index in [2.05, 4.69) is 32.0 Å². The standard InChI is InChI=1S/C19H27NO/c1-14-11-16(3)17(12-15(14)2)18(21)19(13-20)9-7-5-4-6-8-10-19/h11-12,18,21H,4-10H2,1-3H3. The number of benzene rings is 1. The minimum atomic E-state index is -0.667. The Morgan fingerprint density at radius 2 is 1.48 bits per heavy atom. The smallest absolute Gasteiger partial charge is 0.0978 e. The molecule has 0 bridgehead atoms. The van der Waals surface area contributed by atoms with E-state index in [9.17, 15) is 10.4 Å². The maximum Gasteiger partial charge on any atom is 0.0978 e. The SMILES string of the molecule is Cc1cc(C)c(C(O)C2(C#N)CCCCCCC2)cc1C. The predicted molar refractivity (Wildman–Crippen MR) is 86.0 cm³/mol. The molecule has 0 spiro atoms. The molecule has 1 unspecified atom stereocenters. The molecule has 1 saturated carbocycles. The van der Waals surface area contributed by atoms with Crippen molar-refractivity contribution in [3.05, 3.63) is 34.4 Å². The zero-order valence-corrected chi connectivity index (χ0v) is 13.6. The first kappa shape index (κ1) is 16.0. The van der Waals surface area contributed by atoms with Gasteiger partial charge in [-0.05, 0) is 55.9 Å². The molecule has 0 amide bonds. The van der Waals surface area contributed by atoms with Gasteiger partial charge in [-0.2, -0.15) is 5.26 Å². The van der Waals surface area contributed by atoms with Gasteiger partial charge in [-0.25, -0.2) is 0 Å². The molecule has 1 N–H and O–H groups in total. The second kappa shape index (κ2) is 6.62.